The predicted molar refractivity (Wildman–Crippen MR) is 141 cm³/mol. The lowest BCUT2D eigenvalue weighted by molar-refractivity contribution is 0.0600. The molecule has 1 aromatic heterocycles. The lowest BCUT2D eigenvalue weighted by Crippen LogP contribution is -2.07. The second-order valence-electron chi connectivity index (χ2n) is 9.28. The van der Waals surface area contributed by atoms with E-state index >= 15 is 4.39 Å². The van der Waals surface area contributed by atoms with Crippen molar-refractivity contribution in [3.05, 3.63) is 98.4 Å². The van der Waals surface area contributed by atoms with Gasteiger partial charge in [-0.25, -0.2) is 9.18 Å². The maximum atomic E-state index is 15.3. The smallest absolute Gasteiger partial charge is 0.337 e. The number of hydrogen-bond donors (Lipinski definition) is 0. The number of aromatic nitrogens is 1. The summed E-state index contributed by atoms with van der Waals surface area (Å²) in [4.78, 5) is 12.0. The van der Waals surface area contributed by atoms with Gasteiger partial charge in [0.05, 0.1) is 34.5 Å². The van der Waals surface area contributed by atoms with Gasteiger partial charge in [0.25, 0.3) is 0 Å². The topological polar surface area (TPSA) is 70.8 Å². The number of benzene rings is 2. The Morgan fingerprint density at radius 1 is 1.16 bits per heavy atom. The summed E-state index contributed by atoms with van der Waals surface area (Å²) in [5, 5.41) is 5.17. The second-order valence-corrected chi connectivity index (χ2v) is 10.1. The van der Waals surface area contributed by atoms with Gasteiger partial charge in [0.1, 0.15) is 29.6 Å². The monoisotopic (exact) mass is 553 g/mol. The lowest BCUT2D eigenvalue weighted by atomic mass is 9.89. The third-order valence-corrected chi connectivity index (χ3v) is 7.53. The SMILES string of the molecule is COC(=O)c1ccc2c(c1)OC=CC1=C2CCC(F)=C1OCc1c(-c2c(Cl)cccc2Cl)noc1C1CC1. The highest BCUT2D eigenvalue weighted by atomic mass is 35.5. The minimum Gasteiger partial charge on any atom is -0.485 e. The zero-order valence-electron chi connectivity index (χ0n) is 20.4. The van der Waals surface area contributed by atoms with Gasteiger partial charge >= 0.3 is 5.97 Å². The molecule has 2 aliphatic carbocycles. The number of carbonyl (C=O) groups is 1. The number of methoxy groups -OCH3 is 1. The third kappa shape index (κ3) is 4.40. The molecule has 0 N–H and O–H groups in total. The van der Waals surface area contributed by atoms with E-state index in [0.717, 1.165) is 24.0 Å². The van der Waals surface area contributed by atoms with Crippen LogP contribution < -0.4 is 4.74 Å². The Hall–Kier alpha value is -3.55. The van der Waals surface area contributed by atoms with Gasteiger partial charge in [0, 0.05) is 29.0 Å². The highest BCUT2D eigenvalue weighted by Gasteiger charge is 2.34. The Labute approximate surface area is 228 Å². The van der Waals surface area contributed by atoms with Crippen molar-refractivity contribution in [3.63, 3.8) is 0 Å². The molecule has 6 nitrogen and oxygen atoms in total. The van der Waals surface area contributed by atoms with Crippen LogP contribution in [0.15, 0.2) is 70.4 Å². The van der Waals surface area contributed by atoms with E-state index in [1.807, 2.05) is 0 Å². The molecule has 2 aromatic carbocycles. The van der Waals surface area contributed by atoms with Crippen molar-refractivity contribution in [2.24, 2.45) is 0 Å². The third-order valence-electron chi connectivity index (χ3n) is 6.90. The molecular weight excluding hydrogens is 532 g/mol. The van der Waals surface area contributed by atoms with Gasteiger partial charge in [-0.15, -0.1) is 0 Å². The summed E-state index contributed by atoms with van der Waals surface area (Å²) in [6.07, 6.45) is 5.73. The molecule has 194 valence electrons. The fourth-order valence-electron chi connectivity index (χ4n) is 4.86. The van der Waals surface area contributed by atoms with E-state index in [-0.39, 0.29) is 30.5 Å². The highest BCUT2D eigenvalue weighted by molar-refractivity contribution is 6.39. The number of halogens is 3. The Bertz CT molecular complexity index is 1530. The van der Waals surface area contributed by atoms with Gasteiger partial charge in [-0.1, -0.05) is 40.5 Å². The van der Waals surface area contributed by atoms with Crippen molar-refractivity contribution < 1.29 is 27.9 Å². The van der Waals surface area contributed by atoms with Gasteiger partial charge in [-0.05, 0) is 55.2 Å². The maximum absolute atomic E-state index is 15.3. The van der Waals surface area contributed by atoms with Gasteiger partial charge < -0.3 is 18.7 Å². The Kier molecular flexibility index (Phi) is 6.50. The molecule has 1 fully saturated rings. The first-order chi connectivity index (χ1) is 18.5. The van der Waals surface area contributed by atoms with Crippen LogP contribution in [0.5, 0.6) is 5.75 Å². The molecule has 9 heteroatoms. The summed E-state index contributed by atoms with van der Waals surface area (Å²) in [5.41, 5.74) is 4.33. The minimum absolute atomic E-state index is 0.0224. The Balaban J connectivity index is 1.37. The number of rotatable bonds is 6. The van der Waals surface area contributed by atoms with Crippen LogP contribution in [0, 0.1) is 0 Å². The minimum atomic E-state index is -0.466. The van der Waals surface area contributed by atoms with Crippen molar-refractivity contribution in [3.8, 4) is 17.0 Å². The zero-order valence-corrected chi connectivity index (χ0v) is 21.9. The molecule has 0 bridgehead atoms. The largest absolute Gasteiger partial charge is 0.485 e. The van der Waals surface area contributed by atoms with Crippen molar-refractivity contribution >= 4 is 34.7 Å². The number of allylic oxidation sites excluding steroid dienone is 3. The fraction of sp³-hybridized carbons (Fsp3) is 0.241. The van der Waals surface area contributed by atoms with Crippen LogP contribution in [0.2, 0.25) is 10.0 Å². The second kappa shape index (κ2) is 9.97. The van der Waals surface area contributed by atoms with Crippen molar-refractivity contribution in [1.82, 2.24) is 5.16 Å². The molecule has 1 saturated carbocycles. The van der Waals surface area contributed by atoms with E-state index in [2.05, 4.69) is 5.16 Å². The predicted octanol–water partition coefficient (Wildman–Crippen LogP) is 8.16. The first kappa shape index (κ1) is 24.8. The van der Waals surface area contributed by atoms with Crippen molar-refractivity contribution in [2.45, 2.75) is 38.2 Å². The van der Waals surface area contributed by atoms with Crippen LogP contribution in [0.3, 0.4) is 0 Å². The maximum Gasteiger partial charge on any atom is 0.337 e. The summed E-state index contributed by atoms with van der Waals surface area (Å²) < 4.78 is 37.8. The molecule has 2 heterocycles. The van der Waals surface area contributed by atoms with E-state index in [0.29, 0.717) is 55.9 Å². The van der Waals surface area contributed by atoms with E-state index < -0.39 is 5.97 Å². The summed E-state index contributed by atoms with van der Waals surface area (Å²) in [7, 11) is 1.32. The zero-order chi connectivity index (χ0) is 26.4. The van der Waals surface area contributed by atoms with Gasteiger partial charge in [-0.3, -0.25) is 0 Å². The summed E-state index contributed by atoms with van der Waals surface area (Å²) in [5.74, 6) is 0.744. The van der Waals surface area contributed by atoms with Gasteiger partial charge in [0.15, 0.2) is 5.76 Å². The average Bonchev–Trinajstić information content (AvgIpc) is 3.70. The van der Waals surface area contributed by atoms with Gasteiger partial charge in [0.2, 0.25) is 0 Å². The molecule has 38 heavy (non-hydrogen) atoms. The van der Waals surface area contributed by atoms with Gasteiger partial charge in [-0.2, -0.15) is 0 Å². The van der Waals surface area contributed by atoms with Crippen LogP contribution in [0.25, 0.3) is 16.8 Å². The molecule has 0 unspecified atom stereocenters. The molecule has 0 atom stereocenters. The standard InChI is InChI=1S/C29H22Cl2FNO5/c1-35-29(34)16-7-8-18-17-9-10-23(32)28(19(17)11-12-36-24(18)13-16)37-14-20-26(33-38-27(20)15-5-6-15)25-21(30)3-2-4-22(25)31/h2-4,7-8,11-13,15H,5-6,9-10,14H2,1H3. The van der Waals surface area contributed by atoms with Crippen molar-refractivity contribution in [1.29, 1.82) is 0 Å². The van der Waals surface area contributed by atoms with Crippen LogP contribution in [0.4, 0.5) is 4.39 Å². The number of fused-ring (bicyclic) bond motifs is 2. The van der Waals surface area contributed by atoms with Crippen molar-refractivity contribution in [2.75, 3.05) is 7.11 Å². The number of hydrogen-bond acceptors (Lipinski definition) is 6. The summed E-state index contributed by atoms with van der Waals surface area (Å²) >= 11 is 12.9. The molecule has 6 rings (SSSR count). The quantitative estimate of drug-likeness (QED) is 0.287. The molecule has 0 radical (unpaired) electrons. The van der Waals surface area contributed by atoms with Crippen LogP contribution in [0.1, 0.15) is 58.8 Å². The Morgan fingerprint density at radius 3 is 2.68 bits per heavy atom. The summed E-state index contributed by atoms with van der Waals surface area (Å²) in [6, 6.07) is 10.3. The molecule has 0 saturated heterocycles. The van der Waals surface area contributed by atoms with Crippen LogP contribution >= 0.6 is 23.2 Å². The van der Waals surface area contributed by atoms with Crippen LogP contribution in [-0.2, 0) is 16.1 Å². The van der Waals surface area contributed by atoms with Crippen LogP contribution in [-0.4, -0.2) is 18.2 Å². The number of esters is 1. The van der Waals surface area contributed by atoms with E-state index in [1.54, 1.807) is 42.5 Å². The molecule has 0 spiro atoms. The molecular formula is C29H22Cl2FNO5. The number of carbonyl (C=O) groups excluding carboxylic acids is 1. The lowest BCUT2D eigenvalue weighted by Gasteiger charge is -2.22. The normalized spacial score (nSPS) is 16.5. The highest BCUT2D eigenvalue weighted by Crippen LogP contribution is 2.47. The first-order valence-corrected chi connectivity index (χ1v) is 13.0. The number of ether oxygens (including phenoxy) is 3. The molecule has 0 amide bonds. The Morgan fingerprint density at radius 2 is 1.95 bits per heavy atom. The average molecular weight is 554 g/mol. The molecule has 3 aromatic rings. The first-order valence-electron chi connectivity index (χ1n) is 12.2. The fourth-order valence-corrected chi connectivity index (χ4v) is 5.44. The molecule has 3 aliphatic rings. The van der Waals surface area contributed by atoms with E-state index in [9.17, 15) is 4.79 Å². The molecule has 1 aliphatic heterocycles. The van der Waals surface area contributed by atoms with E-state index in [4.69, 9.17) is 41.9 Å². The summed E-state index contributed by atoms with van der Waals surface area (Å²) in [6.45, 7) is 0.0224. The number of nitrogens with zero attached hydrogens (tertiary/aromatic N) is 1. The van der Waals surface area contributed by atoms with E-state index in [1.165, 1.54) is 13.4 Å².